The van der Waals surface area contributed by atoms with Gasteiger partial charge in [0.25, 0.3) is 0 Å². The van der Waals surface area contributed by atoms with Crippen molar-refractivity contribution in [1.29, 1.82) is 0 Å². The van der Waals surface area contributed by atoms with Crippen molar-refractivity contribution >= 4 is 5.97 Å². The van der Waals surface area contributed by atoms with Crippen LogP contribution in [0.3, 0.4) is 0 Å². The number of rotatable bonds is 3. The standard InChI is InChI=1S/C21H22O6/c1-13-7-9-14(10-8-13)20(23)26-16-11-24-17-12-25-21(27-19(17)18(16)22)15-5-3-2-4-6-15/h2-10,16-19,21-22H,11-12H2,1H3. The van der Waals surface area contributed by atoms with Crippen LogP contribution in [0, 0.1) is 6.92 Å². The maximum atomic E-state index is 12.4. The topological polar surface area (TPSA) is 74.2 Å². The maximum Gasteiger partial charge on any atom is 0.338 e. The number of hydrogen-bond acceptors (Lipinski definition) is 6. The van der Waals surface area contributed by atoms with Gasteiger partial charge in [-0.2, -0.15) is 0 Å². The Labute approximate surface area is 157 Å². The monoisotopic (exact) mass is 370 g/mol. The van der Waals surface area contributed by atoms with Gasteiger partial charge < -0.3 is 24.1 Å². The van der Waals surface area contributed by atoms with Gasteiger partial charge >= 0.3 is 5.97 Å². The van der Waals surface area contributed by atoms with Gasteiger partial charge in [-0.1, -0.05) is 48.0 Å². The molecule has 0 bridgehead atoms. The molecule has 2 saturated heterocycles. The summed E-state index contributed by atoms with van der Waals surface area (Å²) in [4.78, 5) is 12.4. The summed E-state index contributed by atoms with van der Waals surface area (Å²) in [5.74, 6) is -0.493. The fourth-order valence-electron chi connectivity index (χ4n) is 3.30. The lowest BCUT2D eigenvalue weighted by Crippen LogP contribution is -2.59. The first-order chi connectivity index (χ1) is 13.1. The first-order valence-electron chi connectivity index (χ1n) is 9.01. The minimum Gasteiger partial charge on any atom is -0.453 e. The minimum absolute atomic E-state index is 0.0999. The minimum atomic E-state index is -0.992. The average Bonchev–Trinajstić information content (AvgIpc) is 2.71. The number of aliphatic hydroxyl groups is 1. The summed E-state index contributed by atoms with van der Waals surface area (Å²) in [6.45, 7) is 2.35. The number of esters is 1. The van der Waals surface area contributed by atoms with Crippen molar-refractivity contribution < 1.29 is 28.8 Å². The summed E-state index contributed by atoms with van der Waals surface area (Å²) < 4.78 is 22.8. The van der Waals surface area contributed by atoms with E-state index < -0.39 is 36.7 Å². The largest absolute Gasteiger partial charge is 0.453 e. The molecule has 27 heavy (non-hydrogen) atoms. The Morgan fingerprint density at radius 2 is 1.78 bits per heavy atom. The lowest BCUT2D eigenvalue weighted by molar-refractivity contribution is -0.313. The molecule has 0 aliphatic carbocycles. The molecule has 2 aromatic rings. The van der Waals surface area contributed by atoms with Crippen LogP contribution in [-0.4, -0.2) is 48.7 Å². The van der Waals surface area contributed by atoms with Crippen LogP contribution in [0.2, 0.25) is 0 Å². The van der Waals surface area contributed by atoms with Gasteiger partial charge in [-0.3, -0.25) is 0 Å². The predicted octanol–water partition coefficient (Wildman–Crippen LogP) is 2.39. The summed E-state index contributed by atoms with van der Waals surface area (Å²) in [5, 5.41) is 10.7. The lowest BCUT2D eigenvalue weighted by atomic mass is 9.98. The zero-order chi connectivity index (χ0) is 18.8. The molecular weight excluding hydrogens is 348 g/mol. The number of carbonyl (C=O) groups is 1. The number of benzene rings is 2. The van der Waals surface area contributed by atoms with E-state index >= 15 is 0 Å². The van der Waals surface area contributed by atoms with E-state index in [9.17, 15) is 9.90 Å². The molecule has 5 unspecified atom stereocenters. The van der Waals surface area contributed by atoms with Crippen molar-refractivity contribution in [2.45, 2.75) is 37.6 Å². The first-order valence-corrected chi connectivity index (χ1v) is 9.01. The van der Waals surface area contributed by atoms with Gasteiger partial charge in [0.05, 0.1) is 18.8 Å². The third-order valence-electron chi connectivity index (χ3n) is 4.87. The Bertz CT molecular complexity index is 775. The normalized spacial score (nSPS) is 30.4. The van der Waals surface area contributed by atoms with E-state index in [1.165, 1.54) is 0 Å². The molecule has 2 aliphatic rings. The second-order valence-corrected chi connectivity index (χ2v) is 6.85. The highest BCUT2D eigenvalue weighted by atomic mass is 16.7. The molecule has 142 valence electrons. The summed E-state index contributed by atoms with van der Waals surface area (Å²) in [7, 11) is 0. The molecule has 2 fully saturated rings. The van der Waals surface area contributed by atoms with Crippen LogP contribution in [0.5, 0.6) is 0 Å². The van der Waals surface area contributed by atoms with Crippen LogP contribution >= 0.6 is 0 Å². The highest BCUT2D eigenvalue weighted by molar-refractivity contribution is 5.89. The van der Waals surface area contributed by atoms with Gasteiger partial charge in [0.15, 0.2) is 12.4 Å². The van der Waals surface area contributed by atoms with Crippen molar-refractivity contribution in [2.75, 3.05) is 13.2 Å². The molecule has 2 aromatic carbocycles. The van der Waals surface area contributed by atoms with Crippen LogP contribution < -0.4 is 0 Å². The van der Waals surface area contributed by atoms with E-state index in [2.05, 4.69) is 0 Å². The highest BCUT2D eigenvalue weighted by Crippen LogP contribution is 2.33. The van der Waals surface area contributed by atoms with E-state index in [0.29, 0.717) is 12.2 Å². The van der Waals surface area contributed by atoms with Gasteiger partial charge in [0, 0.05) is 5.56 Å². The molecule has 2 aliphatic heterocycles. The number of ether oxygens (including phenoxy) is 4. The SMILES string of the molecule is Cc1ccc(C(=O)OC2COC3COC(c4ccccc4)OC3C2O)cc1. The Kier molecular flexibility index (Phi) is 5.22. The molecule has 2 heterocycles. The van der Waals surface area contributed by atoms with Gasteiger partial charge in [-0.15, -0.1) is 0 Å². The van der Waals surface area contributed by atoms with Crippen molar-refractivity contribution in [2.24, 2.45) is 0 Å². The van der Waals surface area contributed by atoms with E-state index in [4.69, 9.17) is 18.9 Å². The summed E-state index contributed by atoms with van der Waals surface area (Å²) >= 11 is 0. The third kappa shape index (κ3) is 3.89. The Hall–Kier alpha value is -2.25. The van der Waals surface area contributed by atoms with Crippen LogP contribution in [0.15, 0.2) is 54.6 Å². The molecule has 0 amide bonds. The zero-order valence-electron chi connectivity index (χ0n) is 15.0. The summed E-state index contributed by atoms with van der Waals surface area (Å²) in [6, 6.07) is 16.6. The second kappa shape index (κ2) is 7.78. The molecular formula is C21H22O6. The van der Waals surface area contributed by atoms with Crippen molar-refractivity contribution in [1.82, 2.24) is 0 Å². The van der Waals surface area contributed by atoms with E-state index in [1.54, 1.807) is 12.1 Å². The predicted molar refractivity (Wildman–Crippen MR) is 96.1 cm³/mol. The Morgan fingerprint density at radius 3 is 2.52 bits per heavy atom. The van der Waals surface area contributed by atoms with Crippen LogP contribution in [0.1, 0.15) is 27.8 Å². The van der Waals surface area contributed by atoms with E-state index in [0.717, 1.165) is 11.1 Å². The molecule has 0 saturated carbocycles. The third-order valence-corrected chi connectivity index (χ3v) is 4.87. The van der Waals surface area contributed by atoms with Crippen molar-refractivity contribution in [3.8, 4) is 0 Å². The summed E-state index contributed by atoms with van der Waals surface area (Å²) in [6.07, 6.45) is -3.40. The average molecular weight is 370 g/mol. The Morgan fingerprint density at radius 1 is 1.04 bits per heavy atom. The van der Waals surface area contributed by atoms with Gasteiger partial charge in [-0.25, -0.2) is 4.79 Å². The number of fused-ring (bicyclic) bond motifs is 1. The van der Waals surface area contributed by atoms with Crippen molar-refractivity contribution in [3.63, 3.8) is 0 Å². The Balaban J connectivity index is 1.43. The second-order valence-electron chi connectivity index (χ2n) is 6.85. The number of hydrogen-bond donors (Lipinski definition) is 1. The summed E-state index contributed by atoms with van der Waals surface area (Å²) in [5.41, 5.74) is 2.35. The quantitative estimate of drug-likeness (QED) is 0.837. The molecule has 1 N–H and O–H groups in total. The van der Waals surface area contributed by atoms with Crippen LogP contribution in [-0.2, 0) is 18.9 Å². The zero-order valence-corrected chi connectivity index (χ0v) is 15.0. The molecule has 0 spiro atoms. The smallest absolute Gasteiger partial charge is 0.338 e. The maximum absolute atomic E-state index is 12.4. The van der Waals surface area contributed by atoms with Crippen LogP contribution in [0.25, 0.3) is 0 Å². The molecule has 6 nitrogen and oxygen atoms in total. The molecule has 0 radical (unpaired) electrons. The highest BCUT2D eigenvalue weighted by Gasteiger charge is 2.46. The molecule has 6 heteroatoms. The van der Waals surface area contributed by atoms with Gasteiger partial charge in [-0.05, 0) is 19.1 Å². The van der Waals surface area contributed by atoms with Gasteiger partial charge in [0.1, 0.15) is 18.3 Å². The van der Waals surface area contributed by atoms with E-state index in [1.807, 2.05) is 49.4 Å². The number of aryl methyl sites for hydroxylation is 1. The van der Waals surface area contributed by atoms with E-state index in [-0.39, 0.29) is 6.61 Å². The first kappa shape index (κ1) is 18.1. The lowest BCUT2D eigenvalue weighted by Gasteiger charge is -2.44. The molecule has 0 aromatic heterocycles. The number of aliphatic hydroxyl groups excluding tert-OH is 1. The number of carbonyl (C=O) groups excluding carboxylic acids is 1. The molecule has 5 atom stereocenters. The molecule has 4 rings (SSSR count). The fraction of sp³-hybridized carbons (Fsp3) is 0.381. The van der Waals surface area contributed by atoms with Crippen LogP contribution in [0.4, 0.5) is 0 Å². The fourth-order valence-corrected chi connectivity index (χ4v) is 3.30. The van der Waals surface area contributed by atoms with Gasteiger partial charge in [0.2, 0.25) is 0 Å². The van der Waals surface area contributed by atoms with Crippen molar-refractivity contribution in [3.05, 3.63) is 71.3 Å².